The van der Waals surface area contributed by atoms with Crippen molar-refractivity contribution >= 4 is 28.7 Å². The maximum atomic E-state index is 11.4. The predicted molar refractivity (Wildman–Crippen MR) is 123 cm³/mol. The lowest BCUT2D eigenvalue weighted by atomic mass is 10.1. The van der Waals surface area contributed by atoms with E-state index >= 15 is 0 Å². The van der Waals surface area contributed by atoms with Gasteiger partial charge in [0.05, 0.1) is 16.3 Å². The molecular formula is C23H29N5O3. The van der Waals surface area contributed by atoms with Crippen LogP contribution in [0, 0.1) is 10.1 Å². The van der Waals surface area contributed by atoms with E-state index in [0.29, 0.717) is 23.5 Å². The lowest BCUT2D eigenvalue weighted by Crippen LogP contribution is -2.24. The normalized spacial score (nSPS) is 10.8. The second kappa shape index (κ2) is 12.2. The molecule has 0 heterocycles. The Morgan fingerprint density at radius 1 is 1.00 bits per heavy atom. The van der Waals surface area contributed by atoms with E-state index in [2.05, 4.69) is 34.1 Å². The van der Waals surface area contributed by atoms with Crippen molar-refractivity contribution < 1.29 is 9.72 Å². The fraction of sp³-hybridized carbons (Fsp3) is 0.348. The van der Waals surface area contributed by atoms with Crippen molar-refractivity contribution in [3.05, 3.63) is 70.8 Å². The van der Waals surface area contributed by atoms with E-state index < -0.39 is 4.92 Å². The Labute approximate surface area is 182 Å². The van der Waals surface area contributed by atoms with Gasteiger partial charge in [0.25, 0.3) is 5.69 Å². The summed E-state index contributed by atoms with van der Waals surface area (Å²) in [7, 11) is 2.06. The van der Waals surface area contributed by atoms with Gasteiger partial charge in [-0.25, -0.2) is 0 Å². The van der Waals surface area contributed by atoms with Gasteiger partial charge in [-0.3, -0.25) is 14.9 Å². The molecule has 0 aliphatic rings. The van der Waals surface area contributed by atoms with Gasteiger partial charge in [0, 0.05) is 43.5 Å². The van der Waals surface area contributed by atoms with Gasteiger partial charge in [-0.2, -0.15) is 10.2 Å². The highest BCUT2D eigenvalue weighted by molar-refractivity contribution is 5.91. The molecule has 164 valence electrons. The lowest BCUT2D eigenvalue weighted by Gasteiger charge is -2.19. The van der Waals surface area contributed by atoms with Crippen LogP contribution >= 0.6 is 0 Å². The van der Waals surface area contributed by atoms with Crippen LogP contribution in [0.1, 0.15) is 32.6 Å². The number of nitro groups is 1. The van der Waals surface area contributed by atoms with Crippen molar-refractivity contribution in [2.45, 2.75) is 32.6 Å². The van der Waals surface area contributed by atoms with Crippen LogP contribution in [0.3, 0.4) is 0 Å². The summed E-state index contributed by atoms with van der Waals surface area (Å²) in [4.78, 5) is 23.8. The van der Waals surface area contributed by atoms with E-state index in [1.54, 1.807) is 19.1 Å². The monoisotopic (exact) mass is 423 g/mol. The fourth-order valence-corrected chi connectivity index (χ4v) is 2.84. The second-order valence-electron chi connectivity index (χ2n) is 7.36. The zero-order chi connectivity index (χ0) is 22.6. The van der Waals surface area contributed by atoms with E-state index in [9.17, 15) is 14.9 Å². The van der Waals surface area contributed by atoms with Crippen LogP contribution in [0.5, 0.6) is 0 Å². The first-order valence-corrected chi connectivity index (χ1v) is 10.3. The van der Waals surface area contributed by atoms with Gasteiger partial charge in [-0.1, -0.05) is 19.4 Å². The number of nitrogens with zero attached hydrogens (tertiary/aromatic N) is 4. The number of anilines is 1. The predicted octanol–water partition coefficient (Wildman–Crippen LogP) is 5.70. The largest absolute Gasteiger partial charge is 0.375 e. The van der Waals surface area contributed by atoms with E-state index in [0.717, 1.165) is 37.9 Å². The minimum atomic E-state index is -0.444. The van der Waals surface area contributed by atoms with Crippen LogP contribution in [-0.4, -0.2) is 31.0 Å². The average molecular weight is 424 g/mol. The van der Waals surface area contributed by atoms with Gasteiger partial charge in [0.1, 0.15) is 0 Å². The summed E-state index contributed by atoms with van der Waals surface area (Å²) in [5.74, 6) is -0.0736. The van der Waals surface area contributed by atoms with Crippen LogP contribution in [0.15, 0.2) is 70.9 Å². The summed E-state index contributed by atoms with van der Waals surface area (Å²) in [6.45, 7) is 6.97. The summed E-state index contributed by atoms with van der Waals surface area (Å²) < 4.78 is 0. The Morgan fingerprint density at radius 2 is 1.55 bits per heavy atom. The molecule has 1 amide bonds. The first-order chi connectivity index (χ1) is 14.9. The summed E-state index contributed by atoms with van der Waals surface area (Å²) >= 11 is 0. The molecular weight excluding hydrogens is 394 g/mol. The number of carbonyl (C=O) groups excluding carboxylic acids is 1. The highest BCUT2D eigenvalue weighted by Crippen LogP contribution is 2.23. The number of nitro benzene ring substituents is 1. The van der Waals surface area contributed by atoms with Crippen LogP contribution in [-0.2, 0) is 4.79 Å². The van der Waals surface area contributed by atoms with Crippen molar-refractivity contribution in [3.63, 3.8) is 0 Å². The molecule has 0 spiro atoms. The first-order valence-electron chi connectivity index (χ1n) is 10.3. The Morgan fingerprint density at radius 3 is 2.10 bits per heavy atom. The Bertz CT molecular complexity index is 908. The third-order valence-corrected chi connectivity index (χ3v) is 4.73. The van der Waals surface area contributed by atoms with Crippen molar-refractivity contribution in [1.82, 2.24) is 5.32 Å². The van der Waals surface area contributed by atoms with Crippen LogP contribution < -0.4 is 10.2 Å². The number of hydrogen-bond acceptors (Lipinski definition) is 6. The molecule has 0 saturated carbocycles. The maximum Gasteiger partial charge on any atom is 0.269 e. The van der Waals surface area contributed by atoms with E-state index in [1.807, 2.05) is 24.3 Å². The molecule has 0 radical (unpaired) electrons. The lowest BCUT2D eigenvalue weighted by molar-refractivity contribution is -0.384. The van der Waals surface area contributed by atoms with Crippen LogP contribution in [0.4, 0.5) is 22.7 Å². The molecule has 2 aromatic carbocycles. The van der Waals surface area contributed by atoms with Crippen molar-refractivity contribution in [2.75, 3.05) is 25.0 Å². The van der Waals surface area contributed by atoms with Crippen LogP contribution in [0.25, 0.3) is 0 Å². The van der Waals surface area contributed by atoms with E-state index in [-0.39, 0.29) is 11.6 Å². The number of nitrogens with one attached hydrogen (secondary N) is 1. The molecule has 0 aliphatic carbocycles. The number of non-ortho nitro benzene ring substituents is 1. The van der Waals surface area contributed by atoms with Crippen LogP contribution in [0.2, 0.25) is 0 Å². The van der Waals surface area contributed by atoms with Crippen molar-refractivity contribution in [1.29, 1.82) is 0 Å². The highest BCUT2D eigenvalue weighted by Gasteiger charge is 2.04. The van der Waals surface area contributed by atoms with Gasteiger partial charge < -0.3 is 10.2 Å². The molecule has 2 rings (SSSR count). The van der Waals surface area contributed by atoms with Gasteiger partial charge in [-0.05, 0) is 56.2 Å². The van der Waals surface area contributed by atoms with Gasteiger partial charge in [0.15, 0.2) is 0 Å². The molecule has 0 bridgehead atoms. The minimum Gasteiger partial charge on any atom is -0.375 e. The Kier molecular flexibility index (Phi) is 9.35. The second-order valence-corrected chi connectivity index (χ2v) is 7.36. The third kappa shape index (κ3) is 8.38. The number of rotatable bonds is 12. The van der Waals surface area contributed by atoms with Crippen molar-refractivity contribution in [3.8, 4) is 0 Å². The third-order valence-electron chi connectivity index (χ3n) is 4.73. The molecule has 1 N–H and O–H groups in total. The fourth-order valence-electron chi connectivity index (χ4n) is 2.84. The Balaban J connectivity index is 1.71. The smallest absolute Gasteiger partial charge is 0.269 e. The molecule has 0 saturated heterocycles. The summed E-state index contributed by atoms with van der Waals surface area (Å²) in [5.41, 5.74) is 2.95. The number of azo groups is 1. The van der Waals surface area contributed by atoms with Gasteiger partial charge >= 0.3 is 0 Å². The minimum absolute atomic E-state index is 0.0286. The molecule has 2 aromatic rings. The summed E-state index contributed by atoms with van der Waals surface area (Å²) in [6, 6.07) is 13.7. The van der Waals surface area contributed by atoms with E-state index in [4.69, 9.17) is 0 Å². The van der Waals surface area contributed by atoms with Gasteiger partial charge in [-0.15, -0.1) is 0 Å². The molecule has 0 fully saturated rings. The molecule has 8 nitrogen and oxygen atoms in total. The topological polar surface area (TPSA) is 100 Å². The zero-order valence-corrected chi connectivity index (χ0v) is 18.1. The number of carbonyl (C=O) groups is 1. The Hall–Kier alpha value is -3.55. The average Bonchev–Trinajstić information content (AvgIpc) is 2.77. The molecule has 0 aliphatic heterocycles. The van der Waals surface area contributed by atoms with Gasteiger partial charge in [0.2, 0.25) is 5.91 Å². The number of amides is 1. The quantitative estimate of drug-likeness (QED) is 0.156. The zero-order valence-electron chi connectivity index (χ0n) is 18.1. The summed E-state index contributed by atoms with van der Waals surface area (Å²) in [5, 5.41) is 21.8. The molecule has 31 heavy (non-hydrogen) atoms. The molecule has 0 atom stereocenters. The number of benzene rings is 2. The molecule has 0 aromatic heterocycles. The SMILES string of the molecule is C=C(C)C(=O)NCCCCCCN(C)c1ccc(N=Nc2ccc([N+](=O)[O-])cc2)cc1. The molecule has 0 unspecified atom stereocenters. The maximum absolute atomic E-state index is 11.4. The number of unbranched alkanes of at least 4 members (excludes halogenated alkanes) is 3. The van der Waals surface area contributed by atoms with E-state index in [1.165, 1.54) is 12.1 Å². The summed E-state index contributed by atoms with van der Waals surface area (Å²) in [6.07, 6.45) is 4.23. The van der Waals surface area contributed by atoms with Crippen molar-refractivity contribution in [2.24, 2.45) is 10.2 Å². The first kappa shape index (κ1) is 23.7. The highest BCUT2D eigenvalue weighted by atomic mass is 16.6. The number of hydrogen-bond donors (Lipinski definition) is 1. The molecule has 8 heteroatoms. The standard InChI is InChI=1S/C23H29N5O3/c1-18(2)23(29)24-16-6-4-5-7-17-27(3)21-12-8-19(9-13-21)25-26-20-10-14-22(15-11-20)28(30)31/h8-15H,1,4-7,16-17H2,2-3H3,(H,24,29).